The van der Waals surface area contributed by atoms with E-state index in [-0.39, 0.29) is 24.6 Å². The molecule has 0 atom stereocenters. The zero-order valence-electron chi connectivity index (χ0n) is 12.3. The van der Waals surface area contributed by atoms with Crippen LogP contribution in [0.25, 0.3) is 0 Å². The molecule has 0 saturated carbocycles. The third-order valence-corrected chi connectivity index (χ3v) is 2.73. The highest BCUT2D eigenvalue weighted by Gasteiger charge is 2.04. The summed E-state index contributed by atoms with van der Waals surface area (Å²) in [6, 6.07) is 0. The maximum atomic E-state index is 10.8. The molecule has 0 radical (unpaired) electrons. The van der Waals surface area contributed by atoms with Gasteiger partial charge in [-0.2, -0.15) is 8.42 Å². The van der Waals surface area contributed by atoms with Crippen molar-refractivity contribution >= 4 is 16.0 Å². The van der Waals surface area contributed by atoms with Gasteiger partial charge >= 0.3 is 0 Å². The Kier molecular flexibility index (Phi) is 11.8. The monoisotopic (exact) mass is 294 g/mol. The molecular formula is C12H26N2O4S. The summed E-state index contributed by atoms with van der Waals surface area (Å²) in [4.78, 5) is 13.0. The number of rotatable bonds is 7. The third-order valence-electron chi connectivity index (χ3n) is 1.92. The van der Waals surface area contributed by atoms with Crippen LogP contribution in [-0.2, 0) is 14.9 Å². The largest absolute Gasteiger partial charge is 0.352 e. The number of hydrogen-bond acceptors (Lipinski definition) is 4. The summed E-state index contributed by atoms with van der Waals surface area (Å²) in [6.45, 7) is 8.56. The number of nitrogens with one attached hydrogen (secondary N) is 1. The van der Waals surface area contributed by atoms with Crippen LogP contribution in [0.4, 0.5) is 0 Å². The summed E-state index contributed by atoms with van der Waals surface area (Å²) >= 11 is 0. The minimum Gasteiger partial charge on any atom is -0.352 e. The van der Waals surface area contributed by atoms with Gasteiger partial charge in [-0.1, -0.05) is 13.5 Å². The van der Waals surface area contributed by atoms with E-state index in [0.29, 0.717) is 5.57 Å². The van der Waals surface area contributed by atoms with E-state index >= 15 is 0 Å². The molecule has 114 valence electrons. The van der Waals surface area contributed by atoms with Gasteiger partial charge in [-0.25, -0.2) is 0 Å². The van der Waals surface area contributed by atoms with Gasteiger partial charge in [0, 0.05) is 12.1 Å². The van der Waals surface area contributed by atoms with Crippen LogP contribution >= 0.6 is 0 Å². The van der Waals surface area contributed by atoms with Crippen molar-refractivity contribution in [2.45, 2.75) is 26.7 Å². The van der Waals surface area contributed by atoms with Crippen LogP contribution in [0.2, 0.25) is 0 Å². The highest BCUT2D eigenvalue weighted by molar-refractivity contribution is 7.85. The normalized spacial score (nSPS) is 10.6. The van der Waals surface area contributed by atoms with Gasteiger partial charge in [0.1, 0.15) is 0 Å². The Morgan fingerprint density at radius 3 is 2.16 bits per heavy atom. The first-order valence-corrected chi connectivity index (χ1v) is 7.74. The Labute approximate surface area is 116 Å². The van der Waals surface area contributed by atoms with Gasteiger partial charge in [-0.15, -0.1) is 0 Å². The summed E-state index contributed by atoms with van der Waals surface area (Å²) in [7, 11) is 0.258. The van der Waals surface area contributed by atoms with Crippen LogP contribution in [0.3, 0.4) is 0 Å². The molecule has 0 saturated heterocycles. The lowest BCUT2D eigenvalue weighted by atomic mass is 10.3. The molecule has 0 aliphatic heterocycles. The van der Waals surface area contributed by atoms with E-state index in [1.807, 2.05) is 0 Å². The topological polar surface area (TPSA) is 86.7 Å². The van der Waals surface area contributed by atoms with E-state index < -0.39 is 10.1 Å². The Balaban J connectivity index is 0. The molecule has 7 heteroatoms. The number of carbonyl (C=O) groups is 1. The average Bonchev–Trinajstić information content (AvgIpc) is 2.23. The number of amides is 1. The molecule has 6 nitrogen and oxygen atoms in total. The first-order valence-electron chi connectivity index (χ1n) is 6.13. The fraction of sp³-hybridized carbons (Fsp3) is 0.750. The van der Waals surface area contributed by atoms with E-state index in [2.05, 4.69) is 37.8 Å². The van der Waals surface area contributed by atoms with Crippen LogP contribution < -0.4 is 5.32 Å². The molecule has 19 heavy (non-hydrogen) atoms. The standard InChI is InChI=1S/C7H13NO4S.C5H13N/c1-6(2)7(9)8-4-3-5-13(10,11)12;1-4-5-6(2)3/h1,3-5H2,2H3,(H,8,9)(H,10,11,12);4-5H2,1-3H3. The second-order valence-electron chi connectivity index (χ2n) is 4.48. The molecule has 0 rings (SSSR count). The van der Waals surface area contributed by atoms with E-state index in [1.54, 1.807) is 6.92 Å². The molecule has 0 aliphatic rings. The van der Waals surface area contributed by atoms with Gasteiger partial charge in [-0.05, 0) is 40.4 Å². The second kappa shape index (κ2) is 11.0. The highest BCUT2D eigenvalue weighted by atomic mass is 32.2. The van der Waals surface area contributed by atoms with Crippen LogP contribution in [0, 0.1) is 0 Å². The molecule has 0 bridgehead atoms. The first-order chi connectivity index (χ1) is 8.60. The predicted octanol–water partition coefficient (Wildman–Crippen LogP) is 0.915. The van der Waals surface area contributed by atoms with E-state index in [0.717, 1.165) is 0 Å². The van der Waals surface area contributed by atoms with Gasteiger partial charge in [0.05, 0.1) is 5.75 Å². The summed E-state index contributed by atoms with van der Waals surface area (Å²) < 4.78 is 28.8. The molecule has 1 amide bonds. The maximum absolute atomic E-state index is 10.8. The molecule has 0 aromatic rings. The molecule has 0 spiro atoms. The van der Waals surface area contributed by atoms with Gasteiger partial charge in [0.25, 0.3) is 10.1 Å². The fourth-order valence-corrected chi connectivity index (χ4v) is 1.56. The van der Waals surface area contributed by atoms with Crippen LogP contribution in [0.1, 0.15) is 26.7 Å². The lowest BCUT2D eigenvalue weighted by Gasteiger charge is -2.03. The lowest BCUT2D eigenvalue weighted by molar-refractivity contribution is -0.117. The van der Waals surface area contributed by atoms with E-state index in [9.17, 15) is 13.2 Å². The van der Waals surface area contributed by atoms with Crippen molar-refractivity contribution < 1.29 is 17.8 Å². The van der Waals surface area contributed by atoms with E-state index in [1.165, 1.54) is 13.0 Å². The Bertz CT molecular complexity index is 364. The average molecular weight is 294 g/mol. The summed E-state index contributed by atoms with van der Waals surface area (Å²) in [5.41, 5.74) is 0.367. The summed E-state index contributed by atoms with van der Waals surface area (Å²) in [5, 5.41) is 2.44. The van der Waals surface area contributed by atoms with Crippen LogP contribution in [0.5, 0.6) is 0 Å². The number of nitrogens with zero attached hydrogens (tertiary/aromatic N) is 1. The molecule has 0 heterocycles. The fourth-order valence-electron chi connectivity index (χ4n) is 1.05. The highest BCUT2D eigenvalue weighted by Crippen LogP contribution is 1.89. The van der Waals surface area contributed by atoms with Gasteiger partial charge in [0.2, 0.25) is 5.91 Å². The quantitative estimate of drug-likeness (QED) is 0.414. The molecule has 0 aliphatic carbocycles. The SMILES string of the molecule is C=C(C)C(=O)NCCCS(=O)(=O)O.CCCN(C)C. The molecule has 0 aromatic heterocycles. The third kappa shape index (κ3) is 19.6. The molecule has 0 fully saturated rings. The van der Waals surface area contributed by atoms with Crippen molar-refractivity contribution in [2.75, 3.05) is 32.9 Å². The van der Waals surface area contributed by atoms with Gasteiger partial charge in [-0.3, -0.25) is 9.35 Å². The van der Waals surface area contributed by atoms with Gasteiger partial charge < -0.3 is 10.2 Å². The molecule has 0 aromatic carbocycles. The Morgan fingerprint density at radius 1 is 1.37 bits per heavy atom. The smallest absolute Gasteiger partial charge is 0.264 e. The van der Waals surface area contributed by atoms with Crippen molar-refractivity contribution in [3.63, 3.8) is 0 Å². The van der Waals surface area contributed by atoms with Crippen molar-refractivity contribution in [1.29, 1.82) is 0 Å². The summed E-state index contributed by atoms with van der Waals surface area (Å²) in [5.74, 6) is -0.654. The van der Waals surface area contributed by atoms with E-state index in [4.69, 9.17) is 4.55 Å². The van der Waals surface area contributed by atoms with Crippen LogP contribution in [0.15, 0.2) is 12.2 Å². The molecule has 0 unspecified atom stereocenters. The first kappa shape index (κ1) is 20.4. The van der Waals surface area contributed by atoms with Crippen molar-refractivity contribution in [3.8, 4) is 0 Å². The predicted molar refractivity (Wildman–Crippen MR) is 77.7 cm³/mol. The van der Waals surface area contributed by atoms with Crippen molar-refractivity contribution in [1.82, 2.24) is 10.2 Å². The Hall–Kier alpha value is -0.920. The lowest BCUT2D eigenvalue weighted by Crippen LogP contribution is -2.26. The molecular weight excluding hydrogens is 268 g/mol. The minimum absolute atomic E-state index is 0.192. The zero-order chi connectivity index (χ0) is 15.5. The van der Waals surface area contributed by atoms with Crippen LogP contribution in [-0.4, -0.2) is 56.7 Å². The van der Waals surface area contributed by atoms with Gasteiger partial charge in [0.15, 0.2) is 0 Å². The number of hydrogen-bond donors (Lipinski definition) is 2. The molecule has 2 N–H and O–H groups in total. The summed E-state index contributed by atoms with van der Waals surface area (Å²) in [6.07, 6.45) is 1.45. The zero-order valence-corrected chi connectivity index (χ0v) is 13.1. The minimum atomic E-state index is -3.92. The Morgan fingerprint density at radius 2 is 1.89 bits per heavy atom. The second-order valence-corrected chi connectivity index (χ2v) is 6.05. The van der Waals surface area contributed by atoms with Crippen molar-refractivity contribution in [2.24, 2.45) is 0 Å². The number of carbonyl (C=O) groups excluding carboxylic acids is 1. The maximum Gasteiger partial charge on any atom is 0.264 e. The van der Waals surface area contributed by atoms with Crippen molar-refractivity contribution in [3.05, 3.63) is 12.2 Å².